The molecule has 2 aliphatic heterocycles. The highest BCUT2D eigenvalue weighted by Gasteiger charge is 2.30. The Balaban J connectivity index is 1.72. The van der Waals surface area contributed by atoms with Gasteiger partial charge in [-0.2, -0.15) is 4.98 Å². The quantitative estimate of drug-likeness (QED) is 0.897. The number of hydrogen-bond donors (Lipinski definition) is 1. The molecule has 18 heavy (non-hydrogen) atoms. The Hall–Kier alpha value is -0.880. The summed E-state index contributed by atoms with van der Waals surface area (Å²) in [7, 11) is 0. The van der Waals surface area contributed by atoms with Crippen LogP contribution in [0, 0.1) is 0 Å². The summed E-state index contributed by atoms with van der Waals surface area (Å²) in [5, 5.41) is 0. The van der Waals surface area contributed by atoms with Gasteiger partial charge in [0, 0.05) is 25.3 Å². The lowest BCUT2D eigenvalue weighted by Gasteiger charge is -2.24. The average Bonchev–Trinajstić information content (AvgIpc) is 3.00. The minimum atomic E-state index is 0.345. The molecular formula is C12H18BrN5. The van der Waals surface area contributed by atoms with Crippen LogP contribution >= 0.6 is 15.9 Å². The van der Waals surface area contributed by atoms with Crippen LogP contribution in [0.2, 0.25) is 0 Å². The summed E-state index contributed by atoms with van der Waals surface area (Å²) >= 11 is 3.51. The largest absolute Gasteiger partial charge is 0.368 e. The SMILES string of the molecule is Nc1ncc(Br)c(N2CCC(N3CCCC3)C2)n1. The summed E-state index contributed by atoms with van der Waals surface area (Å²) in [6.07, 6.45) is 5.65. The predicted molar refractivity (Wildman–Crippen MR) is 75.6 cm³/mol. The predicted octanol–water partition coefficient (Wildman–Crippen LogP) is 1.50. The van der Waals surface area contributed by atoms with Gasteiger partial charge in [-0.05, 0) is 48.3 Å². The van der Waals surface area contributed by atoms with Crippen LogP contribution in [-0.4, -0.2) is 47.1 Å². The van der Waals surface area contributed by atoms with Crippen LogP contribution in [0.3, 0.4) is 0 Å². The van der Waals surface area contributed by atoms with E-state index in [1.807, 2.05) is 0 Å². The maximum Gasteiger partial charge on any atom is 0.222 e. The molecule has 0 spiro atoms. The van der Waals surface area contributed by atoms with Gasteiger partial charge in [0.2, 0.25) is 5.95 Å². The van der Waals surface area contributed by atoms with Crippen molar-refractivity contribution < 1.29 is 0 Å². The summed E-state index contributed by atoms with van der Waals surface area (Å²) in [6, 6.07) is 0.676. The van der Waals surface area contributed by atoms with Crippen LogP contribution in [0.1, 0.15) is 19.3 Å². The standard InChI is InChI=1S/C12H18BrN5/c13-10-7-15-12(14)16-11(10)18-6-3-9(8-18)17-4-1-2-5-17/h7,9H,1-6,8H2,(H2,14,15,16). The van der Waals surface area contributed by atoms with Gasteiger partial charge in [-0.3, -0.25) is 4.90 Å². The number of nitrogen functional groups attached to an aromatic ring is 1. The van der Waals surface area contributed by atoms with Gasteiger partial charge < -0.3 is 10.6 Å². The van der Waals surface area contributed by atoms with Crippen LogP contribution < -0.4 is 10.6 Å². The topological polar surface area (TPSA) is 58.3 Å². The third-order valence-electron chi connectivity index (χ3n) is 3.86. The average molecular weight is 312 g/mol. The lowest BCUT2D eigenvalue weighted by Crippen LogP contribution is -2.35. The molecule has 0 saturated carbocycles. The molecule has 2 saturated heterocycles. The summed E-state index contributed by atoms with van der Waals surface area (Å²) in [6.45, 7) is 4.61. The minimum Gasteiger partial charge on any atom is -0.368 e. The molecular weight excluding hydrogens is 294 g/mol. The molecule has 1 aromatic rings. The first-order valence-corrected chi connectivity index (χ1v) is 7.30. The van der Waals surface area contributed by atoms with Gasteiger partial charge in [-0.15, -0.1) is 0 Å². The number of halogens is 1. The van der Waals surface area contributed by atoms with Crippen molar-refractivity contribution in [2.24, 2.45) is 0 Å². The Morgan fingerprint density at radius 2 is 2.06 bits per heavy atom. The number of nitrogens with zero attached hydrogens (tertiary/aromatic N) is 4. The van der Waals surface area contributed by atoms with E-state index in [4.69, 9.17) is 5.73 Å². The van der Waals surface area contributed by atoms with E-state index in [2.05, 4.69) is 35.7 Å². The molecule has 1 unspecified atom stereocenters. The van der Waals surface area contributed by atoms with Gasteiger partial charge >= 0.3 is 0 Å². The molecule has 0 amide bonds. The monoisotopic (exact) mass is 311 g/mol. The molecule has 2 aliphatic rings. The third kappa shape index (κ3) is 2.31. The Bertz CT molecular complexity index is 432. The smallest absolute Gasteiger partial charge is 0.222 e. The molecule has 1 aromatic heterocycles. The normalized spacial score (nSPS) is 24.9. The number of likely N-dealkylation sites (tertiary alicyclic amines) is 1. The molecule has 6 heteroatoms. The lowest BCUT2D eigenvalue weighted by molar-refractivity contribution is 0.260. The molecule has 98 valence electrons. The first-order chi connectivity index (χ1) is 8.74. The molecule has 2 fully saturated rings. The van der Waals surface area contributed by atoms with Gasteiger partial charge in [0.1, 0.15) is 5.82 Å². The highest BCUT2D eigenvalue weighted by Crippen LogP contribution is 2.29. The second-order valence-electron chi connectivity index (χ2n) is 5.03. The van der Waals surface area contributed by atoms with Crippen LogP contribution in [-0.2, 0) is 0 Å². The highest BCUT2D eigenvalue weighted by molar-refractivity contribution is 9.10. The van der Waals surface area contributed by atoms with Crippen molar-refractivity contribution in [3.05, 3.63) is 10.7 Å². The number of aromatic nitrogens is 2. The van der Waals surface area contributed by atoms with Crippen LogP contribution in [0.5, 0.6) is 0 Å². The van der Waals surface area contributed by atoms with E-state index < -0.39 is 0 Å². The van der Waals surface area contributed by atoms with E-state index in [1.165, 1.54) is 32.4 Å². The zero-order valence-electron chi connectivity index (χ0n) is 10.3. The summed E-state index contributed by atoms with van der Waals surface area (Å²) in [5.41, 5.74) is 5.67. The Labute approximate surface area is 116 Å². The van der Waals surface area contributed by atoms with Gasteiger partial charge in [0.25, 0.3) is 0 Å². The first-order valence-electron chi connectivity index (χ1n) is 6.51. The van der Waals surface area contributed by atoms with Crippen molar-refractivity contribution in [3.63, 3.8) is 0 Å². The molecule has 1 atom stereocenters. The fourth-order valence-electron chi connectivity index (χ4n) is 2.93. The molecule has 0 aromatic carbocycles. The van der Waals surface area contributed by atoms with Crippen molar-refractivity contribution >= 4 is 27.7 Å². The van der Waals surface area contributed by atoms with E-state index in [0.717, 1.165) is 23.4 Å². The van der Waals surface area contributed by atoms with E-state index in [0.29, 0.717) is 12.0 Å². The molecule has 3 heterocycles. The van der Waals surface area contributed by atoms with E-state index in [-0.39, 0.29) is 0 Å². The van der Waals surface area contributed by atoms with Crippen LogP contribution in [0.25, 0.3) is 0 Å². The summed E-state index contributed by atoms with van der Waals surface area (Å²) in [5.74, 6) is 1.28. The number of hydrogen-bond acceptors (Lipinski definition) is 5. The maximum absolute atomic E-state index is 5.67. The Morgan fingerprint density at radius 1 is 1.28 bits per heavy atom. The van der Waals surface area contributed by atoms with Gasteiger partial charge in [-0.25, -0.2) is 4.98 Å². The fraction of sp³-hybridized carbons (Fsp3) is 0.667. The van der Waals surface area contributed by atoms with E-state index >= 15 is 0 Å². The van der Waals surface area contributed by atoms with Gasteiger partial charge in [0.15, 0.2) is 0 Å². The van der Waals surface area contributed by atoms with Crippen molar-refractivity contribution in [1.29, 1.82) is 0 Å². The number of nitrogens with two attached hydrogens (primary N) is 1. The summed E-state index contributed by atoms with van der Waals surface area (Å²) in [4.78, 5) is 13.3. The minimum absolute atomic E-state index is 0.345. The highest BCUT2D eigenvalue weighted by atomic mass is 79.9. The second-order valence-corrected chi connectivity index (χ2v) is 5.89. The van der Waals surface area contributed by atoms with Crippen LogP contribution in [0.4, 0.5) is 11.8 Å². The number of anilines is 2. The Morgan fingerprint density at radius 3 is 2.83 bits per heavy atom. The van der Waals surface area contributed by atoms with Gasteiger partial charge in [0.05, 0.1) is 4.47 Å². The van der Waals surface area contributed by atoms with Gasteiger partial charge in [-0.1, -0.05) is 0 Å². The fourth-order valence-corrected chi connectivity index (χ4v) is 3.37. The molecule has 0 radical (unpaired) electrons. The van der Waals surface area contributed by atoms with Crippen molar-refractivity contribution in [2.45, 2.75) is 25.3 Å². The molecule has 2 N–H and O–H groups in total. The third-order valence-corrected chi connectivity index (χ3v) is 4.42. The molecule has 0 bridgehead atoms. The maximum atomic E-state index is 5.67. The Kier molecular flexibility index (Phi) is 3.39. The van der Waals surface area contributed by atoms with E-state index in [9.17, 15) is 0 Å². The number of rotatable bonds is 2. The summed E-state index contributed by atoms with van der Waals surface area (Å²) < 4.78 is 0.929. The lowest BCUT2D eigenvalue weighted by atomic mass is 10.2. The zero-order chi connectivity index (χ0) is 12.5. The molecule has 3 rings (SSSR count). The van der Waals surface area contributed by atoms with Crippen molar-refractivity contribution in [1.82, 2.24) is 14.9 Å². The van der Waals surface area contributed by atoms with Crippen molar-refractivity contribution in [2.75, 3.05) is 36.8 Å². The van der Waals surface area contributed by atoms with Crippen molar-refractivity contribution in [3.8, 4) is 0 Å². The van der Waals surface area contributed by atoms with Crippen LogP contribution in [0.15, 0.2) is 10.7 Å². The second kappa shape index (κ2) is 5.01. The molecule has 0 aliphatic carbocycles. The zero-order valence-corrected chi connectivity index (χ0v) is 11.9. The molecule has 5 nitrogen and oxygen atoms in total. The first kappa shape index (κ1) is 12.2. The van der Waals surface area contributed by atoms with E-state index in [1.54, 1.807) is 6.20 Å².